The molecule has 3 heteroatoms. The molecule has 1 N–H and O–H groups in total. The molecule has 0 rings (SSSR count). The Balaban J connectivity index is 3.88. The van der Waals surface area contributed by atoms with Crippen LogP contribution in [-0.2, 0) is 9.47 Å². The van der Waals surface area contributed by atoms with Crippen molar-refractivity contribution >= 4 is 0 Å². The van der Waals surface area contributed by atoms with E-state index in [1.165, 1.54) is 57.8 Å². The number of aliphatic hydroxyl groups is 1. The molecule has 3 unspecified atom stereocenters. The van der Waals surface area contributed by atoms with Crippen molar-refractivity contribution in [2.24, 2.45) is 0 Å². The third-order valence-corrected chi connectivity index (χ3v) is 5.38. The first-order valence-corrected chi connectivity index (χ1v) is 12.0. The van der Waals surface area contributed by atoms with Crippen molar-refractivity contribution in [3.8, 4) is 0 Å². The van der Waals surface area contributed by atoms with Crippen LogP contribution in [0.5, 0.6) is 0 Å². The molecule has 0 saturated carbocycles. The number of hydrogen-bond donors (Lipinski definition) is 1. The van der Waals surface area contributed by atoms with Crippen LogP contribution in [-0.4, -0.2) is 29.7 Å². The maximum Gasteiger partial charge on any atom is 0.162 e. The Hall–Kier alpha value is -0.120. The number of unbranched alkanes of at least 4 members (excludes halogenated alkanes) is 6. The van der Waals surface area contributed by atoms with Gasteiger partial charge < -0.3 is 14.6 Å². The van der Waals surface area contributed by atoms with Crippen molar-refractivity contribution in [2.45, 2.75) is 149 Å². The Kier molecular flexibility index (Phi) is 17.9. The maximum absolute atomic E-state index is 10.5. The summed E-state index contributed by atoms with van der Waals surface area (Å²) >= 11 is 0. The van der Waals surface area contributed by atoms with E-state index in [-0.39, 0.29) is 6.10 Å². The molecule has 164 valence electrons. The third kappa shape index (κ3) is 16.5. The van der Waals surface area contributed by atoms with Gasteiger partial charge in [0.15, 0.2) is 5.79 Å². The van der Waals surface area contributed by atoms with Crippen molar-refractivity contribution in [1.82, 2.24) is 0 Å². The van der Waals surface area contributed by atoms with Gasteiger partial charge in [-0.15, -0.1) is 0 Å². The predicted octanol–water partition coefficient (Wildman–Crippen LogP) is 7.40. The first-order chi connectivity index (χ1) is 13.0. The number of rotatable bonds is 20. The molecule has 0 aromatic rings. The summed E-state index contributed by atoms with van der Waals surface area (Å²) in [4.78, 5) is 0. The van der Waals surface area contributed by atoms with Gasteiger partial charge in [0.25, 0.3) is 0 Å². The van der Waals surface area contributed by atoms with Gasteiger partial charge in [0.1, 0.15) is 0 Å². The van der Waals surface area contributed by atoms with Gasteiger partial charge in [-0.3, -0.25) is 0 Å². The monoisotopic (exact) mass is 386 g/mol. The fourth-order valence-electron chi connectivity index (χ4n) is 3.61. The maximum atomic E-state index is 10.5. The second kappa shape index (κ2) is 17.9. The summed E-state index contributed by atoms with van der Waals surface area (Å²) in [5.74, 6) is -0.968. The van der Waals surface area contributed by atoms with Crippen molar-refractivity contribution < 1.29 is 14.6 Å². The molecule has 0 aromatic carbocycles. The zero-order valence-corrected chi connectivity index (χ0v) is 19.2. The summed E-state index contributed by atoms with van der Waals surface area (Å²) in [6.07, 6.45) is 17.7. The summed E-state index contributed by atoms with van der Waals surface area (Å²) in [6, 6.07) is 0. The van der Waals surface area contributed by atoms with Crippen LogP contribution >= 0.6 is 0 Å². The average molecular weight is 387 g/mol. The molecule has 0 saturated heterocycles. The van der Waals surface area contributed by atoms with Gasteiger partial charge in [-0.1, -0.05) is 79.1 Å². The third-order valence-electron chi connectivity index (χ3n) is 5.38. The molecule has 0 heterocycles. The van der Waals surface area contributed by atoms with E-state index in [0.29, 0.717) is 6.10 Å². The van der Waals surface area contributed by atoms with Crippen molar-refractivity contribution in [3.63, 3.8) is 0 Å². The molecule has 0 fully saturated rings. The minimum atomic E-state index is -0.968. The molecule has 0 spiro atoms. The minimum absolute atomic E-state index is 0.171. The zero-order chi connectivity index (χ0) is 20.4. The molecule has 0 aromatic heterocycles. The van der Waals surface area contributed by atoms with E-state index in [1.54, 1.807) is 0 Å². The van der Waals surface area contributed by atoms with E-state index in [1.807, 2.05) is 6.92 Å². The second-order valence-corrected chi connectivity index (χ2v) is 8.41. The fourth-order valence-corrected chi connectivity index (χ4v) is 3.61. The Morgan fingerprint density at radius 2 is 1.37 bits per heavy atom. The molecule has 0 radical (unpaired) electrons. The molecular formula is C24H50O3. The smallest absolute Gasteiger partial charge is 0.162 e. The van der Waals surface area contributed by atoms with Crippen molar-refractivity contribution in [2.75, 3.05) is 6.61 Å². The van der Waals surface area contributed by atoms with Gasteiger partial charge in [0.2, 0.25) is 0 Å². The molecule has 0 aliphatic carbocycles. The fraction of sp³-hybridized carbons (Fsp3) is 1.00. The van der Waals surface area contributed by atoms with Crippen LogP contribution < -0.4 is 0 Å². The summed E-state index contributed by atoms with van der Waals surface area (Å²) < 4.78 is 12.1. The lowest BCUT2D eigenvalue weighted by Gasteiger charge is -2.29. The topological polar surface area (TPSA) is 38.7 Å². The number of hydrogen-bond acceptors (Lipinski definition) is 3. The molecule has 0 amide bonds. The second-order valence-electron chi connectivity index (χ2n) is 8.41. The van der Waals surface area contributed by atoms with Crippen LogP contribution in [0.1, 0.15) is 131 Å². The molecule has 0 bridgehead atoms. The van der Waals surface area contributed by atoms with Crippen LogP contribution in [0.2, 0.25) is 0 Å². The van der Waals surface area contributed by atoms with Gasteiger partial charge in [0.05, 0.1) is 12.2 Å². The molecule has 0 aliphatic rings. The van der Waals surface area contributed by atoms with E-state index in [4.69, 9.17) is 9.47 Å². The lowest BCUT2D eigenvalue weighted by Crippen LogP contribution is -2.33. The van der Waals surface area contributed by atoms with Gasteiger partial charge in [-0.05, 0) is 45.4 Å². The van der Waals surface area contributed by atoms with Gasteiger partial charge in [0, 0.05) is 13.0 Å². The number of ether oxygens (including phenoxy) is 2. The summed E-state index contributed by atoms with van der Waals surface area (Å²) in [7, 11) is 0. The zero-order valence-electron chi connectivity index (χ0n) is 19.2. The van der Waals surface area contributed by atoms with Crippen LogP contribution in [0.15, 0.2) is 0 Å². The summed E-state index contributed by atoms with van der Waals surface area (Å²) in [5.41, 5.74) is 0. The molecule has 0 aliphatic heterocycles. The Labute approximate surface area is 170 Å². The summed E-state index contributed by atoms with van der Waals surface area (Å²) in [6.45, 7) is 11.6. The SMILES string of the molecule is CCCCCCC(C)(O)OC(CC)CCCCCOC(CCC)CCCC. The largest absolute Gasteiger partial charge is 0.378 e. The highest BCUT2D eigenvalue weighted by molar-refractivity contribution is 4.66. The first-order valence-electron chi connectivity index (χ1n) is 12.0. The quantitative estimate of drug-likeness (QED) is 0.175. The first kappa shape index (κ1) is 26.9. The lowest BCUT2D eigenvalue weighted by atomic mass is 10.1. The molecule has 27 heavy (non-hydrogen) atoms. The van der Waals surface area contributed by atoms with Crippen LogP contribution in [0.4, 0.5) is 0 Å². The average Bonchev–Trinajstić information content (AvgIpc) is 2.64. The molecule has 3 nitrogen and oxygen atoms in total. The highest BCUT2D eigenvalue weighted by atomic mass is 16.6. The molecular weight excluding hydrogens is 336 g/mol. The van der Waals surface area contributed by atoms with Gasteiger partial charge in [-0.25, -0.2) is 0 Å². The Morgan fingerprint density at radius 1 is 0.704 bits per heavy atom. The summed E-state index contributed by atoms with van der Waals surface area (Å²) in [5, 5.41) is 10.5. The van der Waals surface area contributed by atoms with E-state index in [0.717, 1.165) is 45.1 Å². The predicted molar refractivity (Wildman–Crippen MR) is 117 cm³/mol. The Morgan fingerprint density at radius 3 is 2.00 bits per heavy atom. The van der Waals surface area contributed by atoms with E-state index < -0.39 is 5.79 Å². The van der Waals surface area contributed by atoms with Crippen LogP contribution in [0.25, 0.3) is 0 Å². The van der Waals surface area contributed by atoms with E-state index in [2.05, 4.69) is 27.7 Å². The lowest BCUT2D eigenvalue weighted by molar-refractivity contribution is -0.224. The van der Waals surface area contributed by atoms with E-state index >= 15 is 0 Å². The normalized spacial score (nSPS) is 16.2. The highest BCUT2D eigenvalue weighted by Gasteiger charge is 2.24. The van der Waals surface area contributed by atoms with Crippen LogP contribution in [0.3, 0.4) is 0 Å². The molecule has 3 atom stereocenters. The van der Waals surface area contributed by atoms with Crippen LogP contribution in [0, 0.1) is 0 Å². The highest BCUT2D eigenvalue weighted by Crippen LogP contribution is 2.22. The Bertz CT molecular complexity index is 304. The van der Waals surface area contributed by atoms with E-state index in [9.17, 15) is 5.11 Å². The minimum Gasteiger partial charge on any atom is -0.378 e. The van der Waals surface area contributed by atoms with Crippen molar-refractivity contribution in [1.29, 1.82) is 0 Å². The van der Waals surface area contributed by atoms with Gasteiger partial charge in [-0.2, -0.15) is 0 Å². The van der Waals surface area contributed by atoms with Crippen molar-refractivity contribution in [3.05, 3.63) is 0 Å². The van der Waals surface area contributed by atoms with Gasteiger partial charge >= 0.3 is 0 Å². The standard InChI is InChI=1S/C24H50O3/c1-6-10-12-15-20-24(5,25)27-22(9-4)19-14-13-16-21-26-23(17-8-3)18-11-7-2/h22-23,25H,6-21H2,1-5H3.